The minimum atomic E-state index is -1.16. The van der Waals surface area contributed by atoms with Crippen LogP contribution < -0.4 is 20.8 Å². The van der Waals surface area contributed by atoms with Gasteiger partial charge in [0, 0.05) is 6.04 Å². The van der Waals surface area contributed by atoms with Gasteiger partial charge in [-0.05, 0) is 55.6 Å². The number of nitrogens with zero attached hydrogens (tertiary/aromatic N) is 1. The van der Waals surface area contributed by atoms with Crippen molar-refractivity contribution in [2.75, 3.05) is 7.11 Å². The molecule has 0 aromatic heterocycles. The second kappa shape index (κ2) is 7.72. The zero-order valence-corrected chi connectivity index (χ0v) is 16.7. The zero-order valence-electron chi connectivity index (χ0n) is 15.9. The summed E-state index contributed by atoms with van der Waals surface area (Å²) in [5, 5.41) is 7.24. The minimum absolute atomic E-state index is 0.257. The van der Waals surface area contributed by atoms with Crippen molar-refractivity contribution in [1.29, 1.82) is 0 Å². The second-order valence-corrected chi connectivity index (χ2v) is 7.79. The Balaban J connectivity index is 1.68. The average molecular weight is 391 g/mol. The third-order valence-corrected chi connectivity index (χ3v) is 5.71. The molecule has 2 aliphatic rings. The van der Waals surface area contributed by atoms with Gasteiger partial charge in [-0.15, -0.1) is 0 Å². The van der Waals surface area contributed by atoms with E-state index in [1.807, 2.05) is 0 Å². The van der Waals surface area contributed by atoms with E-state index in [-0.39, 0.29) is 11.2 Å². The number of hydrogen-bond acceptors (Lipinski definition) is 4. The van der Waals surface area contributed by atoms with Crippen LogP contribution >= 0.6 is 12.2 Å². The fraction of sp³-hybridized carbons (Fsp3) is 0.526. The van der Waals surface area contributed by atoms with Crippen LogP contribution in [0.25, 0.3) is 0 Å². The number of methoxy groups -OCH3 is 1. The number of urea groups is 1. The molecule has 1 aliphatic heterocycles. The van der Waals surface area contributed by atoms with Gasteiger partial charge in [-0.2, -0.15) is 5.01 Å². The molecule has 7 nitrogen and oxygen atoms in total. The van der Waals surface area contributed by atoms with E-state index in [0.29, 0.717) is 17.2 Å². The first-order valence-corrected chi connectivity index (χ1v) is 9.64. The van der Waals surface area contributed by atoms with E-state index in [9.17, 15) is 9.59 Å². The molecule has 1 saturated heterocycles. The van der Waals surface area contributed by atoms with Crippen molar-refractivity contribution in [1.82, 2.24) is 21.1 Å². The first kappa shape index (κ1) is 19.4. The monoisotopic (exact) mass is 390 g/mol. The van der Waals surface area contributed by atoms with Gasteiger partial charge in [0.15, 0.2) is 5.11 Å². The van der Waals surface area contributed by atoms with E-state index in [4.69, 9.17) is 17.0 Å². The highest BCUT2D eigenvalue weighted by Gasteiger charge is 2.49. The number of rotatable bonds is 4. The Morgan fingerprint density at radius 2 is 1.93 bits per heavy atom. The number of carbonyl (C=O) groups excluding carboxylic acids is 2. The van der Waals surface area contributed by atoms with Gasteiger partial charge < -0.3 is 15.4 Å². The van der Waals surface area contributed by atoms with Crippen molar-refractivity contribution in [2.24, 2.45) is 5.92 Å². The van der Waals surface area contributed by atoms with E-state index in [2.05, 4.69) is 23.0 Å². The molecular formula is C19H26N4O3S. The number of thiocarbonyl (C=S) groups is 1. The number of amides is 3. The average Bonchev–Trinajstić information content (AvgIpc) is 2.88. The molecule has 8 heteroatoms. The Kier molecular flexibility index (Phi) is 5.55. The highest BCUT2D eigenvalue weighted by Crippen LogP contribution is 2.29. The number of hydrazine groups is 1. The Hall–Kier alpha value is -2.35. The molecule has 146 valence electrons. The van der Waals surface area contributed by atoms with Crippen LogP contribution in [0.5, 0.6) is 5.75 Å². The number of nitrogens with one attached hydrogen (secondary N) is 3. The lowest BCUT2D eigenvalue weighted by Gasteiger charge is -2.31. The molecule has 3 atom stereocenters. The third-order valence-electron chi connectivity index (χ3n) is 5.50. The summed E-state index contributed by atoms with van der Waals surface area (Å²) in [5.74, 6) is 0.783. The minimum Gasteiger partial charge on any atom is -0.497 e. The smallest absolute Gasteiger partial charge is 0.344 e. The molecule has 1 aromatic carbocycles. The molecule has 0 radical (unpaired) electrons. The molecule has 3 N–H and O–H groups in total. The van der Waals surface area contributed by atoms with Gasteiger partial charge in [-0.3, -0.25) is 10.2 Å². The summed E-state index contributed by atoms with van der Waals surface area (Å²) in [7, 11) is 1.58. The van der Waals surface area contributed by atoms with Crippen LogP contribution in [0.15, 0.2) is 24.3 Å². The van der Waals surface area contributed by atoms with E-state index in [0.717, 1.165) is 24.3 Å². The number of benzene rings is 1. The maximum atomic E-state index is 12.9. The van der Waals surface area contributed by atoms with Gasteiger partial charge in [0.2, 0.25) is 0 Å². The Morgan fingerprint density at radius 1 is 1.26 bits per heavy atom. The van der Waals surface area contributed by atoms with Crippen LogP contribution in [0.3, 0.4) is 0 Å². The predicted octanol–water partition coefficient (Wildman–Crippen LogP) is 2.42. The molecule has 1 aromatic rings. The second-order valence-electron chi connectivity index (χ2n) is 7.38. The largest absolute Gasteiger partial charge is 0.497 e. The molecule has 2 fully saturated rings. The van der Waals surface area contributed by atoms with Crippen LogP contribution in [0, 0.1) is 5.92 Å². The van der Waals surface area contributed by atoms with Gasteiger partial charge in [0.25, 0.3) is 5.91 Å². The summed E-state index contributed by atoms with van der Waals surface area (Å²) in [6.07, 6.45) is 4.57. The van der Waals surface area contributed by atoms with Crippen molar-refractivity contribution in [3.8, 4) is 5.75 Å². The molecule has 1 saturated carbocycles. The van der Waals surface area contributed by atoms with Crippen LogP contribution in [0.2, 0.25) is 0 Å². The molecule has 3 amide bonds. The fourth-order valence-electron chi connectivity index (χ4n) is 3.69. The maximum absolute atomic E-state index is 12.9. The van der Waals surface area contributed by atoms with E-state index >= 15 is 0 Å². The van der Waals surface area contributed by atoms with Gasteiger partial charge in [0.1, 0.15) is 11.3 Å². The molecule has 0 unspecified atom stereocenters. The van der Waals surface area contributed by atoms with Crippen molar-refractivity contribution in [2.45, 2.75) is 51.1 Å². The van der Waals surface area contributed by atoms with Crippen LogP contribution in [-0.2, 0) is 10.3 Å². The summed E-state index contributed by atoms with van der Waals surface area (Å²) < 4.78 is 5.15. The summed E-state index contributed by atoms with van der Waals surface area (Å²) in [5.41, 5.74) is 2.27. The van der Waals surface area contributed by atoms with E-state index < -0.39 is 17.5 Å². The first-order chi connectivity index (χ1) is 12.8. The molecule has 3 rings (SSSR count). The number of hydrogen-bond donors (Lipinski definition) is 3. The quantitative estimate of drug-likeness (QED) is 0.541. The van der Waals surface area contributed by atoms with Crippen molar-refractivity contribution < 1.29 is 14.3 Å². The van der Waals surface area contributed by atoms with Crippen LogP contribution in [0.1, 0.15) is 45.1 Å². The summed E-state index contributed by atoms with van der Waals surface area (Å²) in [6, 6.07) is 6.77. The predicted molar refractivity (Wildman–Crippen MR) is 106 cm³/mol. The Labute approximate surface area is 164 Å². The van der Waals surface area contributed by atoms with Crippen molar-refractivity contribution in [3.05, 3.63) is 29.8 Å². The summed E-state index contributed by atoms with van der Waals surface area (Å²) in [6.45, 7) is 3.87. The standard InChI is InChI=1S/C19H26N4O3S/c1-12-6-4-5-7-15(12)20-17(27)22-23-16(24)19(2,21-18(23)25)13-8-10-14(26-3)11-9-13/h8-12,15H,4-7H2,1-3H3,(H,21,25)(H2,20,22,27)/t12-,15+,19-/m1/s1. The number of ether oxygens (including phenoxy) is 1. The van der Waals surface area contributed by atoms with Gasteiger partial charge >= 0.3 is 6.03 Å². The first-order valence-electron chi connectivity index (χ1n) is 9.23. The molecule has 1 heterocycles. The highest BCUT2D eigenvalue weighted by atomic mass is 32.1. The third kappa shape index (κ3) is 3.85. The zero-order chi connectivity index (χ0) is 19.6. The van der Waals surface area contributed by atoms with E-state index in [1.165, 1.54) is 6.42 Å². The highest BCUT2D eigenvalue weighted by molar-refractivity contribution is 7.80. The van der Waals surface area contributed by atoms with Crippen molar-refractivity contribution in [3.63, 3.8) is 0 Å². The van der Waals surface area contributed by atoms with Crippen molar-refractivity contribution >= 4 is 29.3 Å². The Bertz CT molecular complexity index is 739. The van der Waals surface area contributed by atoms with Crippen LogP contribution in [0.4, 0.5) is 4.79 Å². The van der Waals surface area contributed by atoms with E-state index in [1.54, 1.807) is 38.3 Å². The maximum Gasteiger partial charge on any atom is 0.344 e. The lowest BCUT2D eigenvalue weighted by molar-refractivity contribution is -0.132. The fourth-order valence-corrected chi connectivity index (χ4v) is 3.94. The molecule has 27 heavy (non-hydrogen) atoms. The Morgan fingerprint density at radius 3 is 2.56 bits per heavy atom. The van der Waals surface area contributed by atoms with Crippen LogP contribution in [-0.4, -0.2) is 35.2 Å². The normalized spacial score (nSPS) is 27.9. The molecule has 0 bridgehead atoms. The number of imide groups is 1. The molecular weight excluding hydrogens is 364 g/mol. The SMILES string of the molecule is COc1ccc([C@@]2(C)NC(=O)N(NC(=S)N[C@H]3CCCC[C@H]3C)C2=O)cc1. The molecule has 0 spiro atoms. The molecule has 1 aliphatic carbocycles. The van der Waals surface area contributed by atoms with Gasteiger partial charge in [0.05, 0.1) is 7.11 Å². The lowest BCUT2D eigenvalue weighted by atomic mass is 9.86. The lowest BCUT2D eigenvalue weighted by Crippen LogP contribution is -2.54. The topological polar surface area (TPSA) is 82.7 Å². The number of carbonyl (C=O) groups is 2. The van der Waals surface area contributed by atoms with Gasteiger partial charge in [-0.1, -0.05) is 31.9 Å². The summed E-state index contributed by atoms with van der Waals surface area (Å²) in [4.78, 5) is 25.4. The van der Waals surface area contributed by atoms with Gasteiger partial charge in [-0.25, -0.2) is 4.79 Å². The summed E-state index contributed by atoms with van der Waals surface area (Å²) >= 11 is 5.34.